The van der Waals surface area contributed by atoms with E-state index >= 15 is 0 Å². The zero-order valence-electron chi connectivity index (χ0n) is 16.5. The first-order valence-electron chi connectivity index (χ1n) is 9.96. The van der Waals surface area contributed by atoms with Crippen LogP contribution < -0.4 is 5.32 Å². The lowest BCUT2D eigenvalue weighted by molar-refractivity contribution is -0.154. The van der Waals surface area contributed by atoms with E-state index in [-0.39, 0.29) is 18.4 Å². The fourth-order valence-corrected chi connectivity index (χ4v) is 3.60. The number of hydrogen-bond donors (Lipinski definition) is 1. The van der Waals surface area contributed by atoms with Crippen LogP contribution in [0.1, 0.15) is 36.9 Å². The second-order valence-electron chi connectivity index (χ2n) is 7.07. The number of likely N-dealkylation sites (tertiary alicyclic amines) is 1. The van der Waals surface area contributed by atoms with E-state index < -0.39 is 17.9 Å². The summed E-state index contributed by atoms with van der Waals surface area (Å²) in [5.41, 5.74) is 1.78. The number of amides is 2. The SMILES string of the molecule is CCOC(=O)C1CCCN(C(=O)C(=O)NC(c2ccccc2)c2ccccc2)C1. The average Bonchev–Trinajstić information content (AvgIpc) is 2.78. The maximum atomic E-state index is 12.8. The summed E-state index contributed by atoms with van der Waals surface area (Å²) >= 11 is 0. The van der Waals surface area contributed by atoms with Crippen molar-refractivity contribution in [2.45, 2.75) is 25.8 Å². The van der Waals surface area contributed by atoms with Gasteiger partial charge in [0.2, 0.25) is 0 Å². The standard InChI is InChI=1S/C23H26N2O4/c1-2-29-23(28)19-14-9-15-25(16-19)22(27)21(26)24-20(17-10-5-3-6-11-17)18-12-7-4-8-13-18/h3-8,10-13,19-20H,2,9,14-16H2,1H3,(H,24,26). The zero-order valence-corrected chi connectivity index (χ0v) is 16.5. The first-order chi connectivity index (χ1) is 14.1. The first-order valence-corrected chi connectivity index (χ1v) is 9.96. The van der Waals surface area contributed by atoms with Crippen LogP contribution in [0, 0.1) is 5.92 Å². The van der Waals surface area contributed by atoms with E-state index in [0.717, 1.165) is 11.1 Å². The first kappa shape index (κ1) is 20.6. The fourth-order valence-electron chi connectivity index (χ4n) is 3.60. The van der Waals surface area contributed by atoms with E-state index in [9.17, 15) is 14.4 Å². The van der Waals surface area contributed by atoms with Crippen molar-refractivity contribution in [1.29, 1.82) is 0 Å². The third-order valence-electron chi connectivity index (χ3n) is 5.06. The van der Waals surface area contributed by atoms with Crippen molar-refractivity contribution in [3.05, 3.63) is 71.8 Å². The van der Waals surface area contributed by atoms with Crippen LogP contribution in [-0.2, 0) is 19.1 Å². The number of hydrogen-bond acceptors (Lipinski definition) is 4. The van der Waals surface area contributed by atoms with E-state index in [4.69, 9.17) is 4.74 Å². The molecular formula is C23H26N2O4. The second kappa shape index (κ2) is 9.87. The average molecular weight is 394 g/mol. The Balaban J connectivity index is 1.72. The summed E-state index contributed by atoms with van der Waals surface area (Å²) in [6, 6.07) is 18.6. The summed E-state index contributed by atoms with van der Waals surface area (Å²) in [7, 11) is 0. The van der Waals surface area contributed by atoms with Crippen molar-refractivity contribution >= 4 is 17.8 Å². The molecule has 1 aliphatic heterocycles. The number of esters is 1. The van der Waals surface area contributed by atoms with Gasteiger partial charge in [-0.2, -0.15) is 0 Å². The van der Waals surface area contributed by atoms with Crippen LogP contribution in [0.5, 0.6) is 0 Å². The van der Waals surface area contributed by atoms with Gasteiger partial charge in [-0.05, 0) is 30.9 Å². The van der Waals surface area contributed by atoms with Crippen LogP contribution >= 0.6 is 0 Å². The van der Waals surface area contributed by atoms with Crippen molar-refractivity contribution < 1.29 is 19.1 Å². The predicted molar refractivity (Wildman–Crippen MR) is 109 cm³/mol. The molecule has 152 valence electrons. The van der Waals surface area contributed by atoms with E-state index in [1.165, 1.54) is 4.90 Å². The molecule has 1 unspecified atom stereocenters. The van der Waals surface area contributed by atoms with Crippen LogP contribution in [0.15, 0.2) is 60.7 Å². The Hall–Kier alpha value is -3.15. The largest absolute Gasteiger partial charge is 0.466 e. The lowest BCUT2D eigenvalue weighted by atomic mass is 9.97. The summed E-state index contributed by atoms with van der Waals surface area (Å²) in [4.78, 5) is 39.0. The minimum absolute atomic E-state index is 0.215. The lowest BCUT2D eigenvalue weighted by Crippen LogP contribution is -2.49. The minimum atomic E-state index is -0.674. The van der Waals surface area contributed by atoms with E-state index in [0.29, 0.717) is 26.0 Å². The molecular weight excluding hydrogens is 368 g/mol. The van der Waals surface area contributed by atoms with Crippen molar-refractivity contribution in [3.8, 4) is 0 Å². The molecule has 0 aliphatic carbocycles. The highest BCUT2D eigenvalue weighted by atomic mass is 16.5. The molecule has 1 N–H and O–H groups in total. The number of carbonyl (C=O) groups excluding carboxylic acids is 3. The number of ether oxygens (including phenoxy) is 1. The molecule has 2 aromatic rings. The number of rotatable bonds is 5. The van der Waals surface area contributed by atoms with Gasteiger partial charge in [0, 0.05) is 13.1 Å². The molecule has 3 rings (SSSR count). The van der Waals surface area contributed by atoms with Gasteiger partial charge in [-0.1, -0.05) is 60.7 Å². The molecule has 1 saturated heterocycles. The molecule has 29 heavy (non-hydrogen) atoms. The van der Waals surface area contributed by atoms with E-state index in [1.807, 2.05) is 60.7 Å². The van der Waals surface area contributed by atoms with Gasteiger partial charge in [0.15, 0.2) is 0 Å². The molecule has 2 aromatic carbocycles. The summed E-state index contributed by atoms with van der Waals surface area (Å²) in [5, 5.41) is 2.87. The van der Waals surface area contributed by atoms with Gasteiger partial charge in [0.25, 0.3) is 0 Å². The van der Waals surface area contributed by atoms with Gasteiger partial charge in [0.1, 0.15) is 0 Å². The van der Waals surface area contributed by atoms with E-state index in [2.05, 4.69) is 5.32 Å². The molecule has 0 saturated carbocycles. The number of nitrogens with zero attached hydrogens (tertiary/aromatic N) is 1. The normalized spacial score (nSPS) is 16.3. The van der Waals surface area contributed by atoms with Crippen LogP contribution in [0.2, 0.25) is 0 Å². The van der Waals surface area contributed by atoms with Crippen LogP contribution in [-0.4, -0.2) is 42.4 Å². The third kappa shape index (κ3) is 5.22. The van der Waals surface area contributed by atoms with Gasteiger partial charge in [0.05, 0.1) is 18.6 Å². The summed E-state index contributed by atoms with van der Waals surface area (Å²) in [5.74, 6) is -1.97. The monoisotopic (exact) mass is 394 g/mol. The van der Waals surface area contributed by atoms with Gasteiger partial charge in [-0.3, -0.25) is 14.4 Å². The quantitative estimate of drug-likeness (QED) is 0.625. The number of carbonyl (C=O) groups is 3. The van der Waals surface area contributed by atoms with Gasteiger partial charge < -0.3 is 15.0 Å². The Labute approximate surface area is 170 Å². The number of benzene rings is 2. The topological polar surface area (TPSA) is 75.7 Å². The number of piperidine rings is 1. The third-order valence-corrected chi connectivity index (χ3v) is 5.06. The fraction of sp³-hybridized carbons (Fsp3) is 0.348. The Morgan fingerprint density at radius 3 is 2.17 bits per heavy atom. The predicted octanol–water partition coefficient (Wildman–Crippen LogP) is 2.69. The Bertz CT molecular complexity index is 799. The van der Waals surface area contributed by atoms with Crippen LogP contribution in [0.4, 0.5) is 0 Å². The van der Waals surface area contributed by atoms with Crippen molar-refractivity contribution in [3.63, 3.8) is 0 Å². The molecule has 1 atom stereocenters. The smallest absolute Gasteiger partial charge is 0.311 e. The van der Waals surface area contributed by atoms with Crippen molar-refractivity contribution in [1.82, 2.24) is 10.2 Å². The lowest BCUT2D eigenvalue weighted by Gasteiger charge is -2.31. The molecule has 0 radical (unpaired) electrons. The summed E-state index contributed by atoms with van der Waals surface area (Å²) < 4.78 is 5.07. The van der Waals surface area contributed by atoms with Crippen molar-refractivity contribution in [2.24, 2.45) is 5.92 Å². The van der Waals surface area contributed by atoms with Gasteiger partial charge in [-0.25, -0.2) is 0 Å². The molecule has 6 nitrogen and oxygen atoms in total. The molecule has 1 fully saturated rings. The van der Waals surface area contributed by atoms with Crippen LogP contribution in [0.3, 0.4) is 0 Å². The molecule has 0 spiro atoms. The molecule has 6 heteroatoms. The highest BCUT2D eigenvalue weighted by Gasteiger charge is 2.33. The Kier molecular flexibility index (Phi) is 7.00. The maximum Gasteiger partial charge on any atom is 0.311 e. The van der Waals surface area contributed by atoms with Crippen molar-refractivity contribution in [2.75, 3.05) is 19.7 Å². The summed E-state index contributed by atoms with van der Waals surface area (Å²) in [6.07, 6.45) is 1.34. The minimum Gasteiger partial charge on any atom is -0.466 e. The zero-order chi connectivity index (χ0) is 20.6. The Morgan fingerprint density at radius 1 is 1.03 bits per heavy atom. The Morgan fingerprint density at radius 2 is 1.62 bits per heavy atom. The van der Waals surface area contributed by atoms with Crippen LogP contribution in [0.25, 0.3) is 0 Å². The van der Waals surface area contributed by atoms with Gasteiger partial charge >= 0.3 is 17.8 Å². The molecule has 0 aromatic heterocycles. The second-order valence-corrected chi connectivity index (χ2v) is 7.07. The van der Waals surface area contributed by atoms with Gasteiger partial charge in [-0.15, -0.1) is 0 Å². The maximum absolute atomic E-state index is 12.8. The molecule has 1 aliphatic rings. The van der Waals surface area contributed by atoms with E-state index in [1.54, 1.807) is 6.92 Å². The molecule has 2 amide bonds. The highest BCUT2D eigenvalue weighted by molar-refractivity contribution is 6.35. The highest BCUT2D eigenvalue weighted by Crippen LogP contribution is 2.22. The number of nitrogens with one attached hydrogen (secondary N) is 1. The summed E-state index contributed by atoms with van der Waals surface area (Å²) in [6.45, 7) is 2.74. The molecule has 1 heterocycles. The molecule has 0 bridgehead atoms.